The molecule has 1 fully saturated rings. The largest absolute Gasteiger partial charge is 0.352 e. The SMILES string of the molecule is CCN(c1nccc(C#N)c1Cl)C1CCCCC1CN. The summed E-state index contributed by atoms with van der Waals surface area (Å²) in [7, 11) is 0. The number of hydrogen-bond acceptors (Lipinski definition) is 4. The quantitative estimate of drug-likeness (QED) is 0.926. The van der Waals surface area contributed by atoms with Crippen molar-refractivity contribution in [3.8, 4) is 6.07 Å². The fourth-order valence-electron chi connectivity index (χ4n) is 3.13. The number of rotatable bonds is 4. The van der Waals surface area contributed by atoms with Crippen molar-refractivity contribution in [3.05, 3.63) is 22.8 Å². The third-order valence-electron chi connectivity index (χ3n) is 4.18. The second-order valence-electron chi connectivity index (χ2n) is 5.24. The van der Waals surface area contributed by atoms with Gasteiger partial charge < -0.3 is 10.6 Å². The molecule has 1 aliphatic rings. The van der Waals surface area contributed by atoms with Crippen LogP contribution in [0.4, 0.5) is 5.82 Å². The monoisotopic (exact) mass is 292 g/mol. The average molecular weight is 293 g/mol. The zero-order chi connectivity index (χ0) is 14.5. The first-order valence-electron chi connectivity index (χ1n) is 7.24. The van der Waals surface area contributed by atoms with Gasteiger partial charge in [-0.3, -0.25) is 0 Å². The highest BCUT2D eigenvalue weighted by Crippen LogP contribution is 2.34. The number of pyridine rings is 1. The zero-order valence-electron chi connectivity index (χ0n) is 11.8. The maximum atomic E-state index is 9.11. The van der Waals surface area contributed by atoms with Gasteiger partial charge in [0.25, 0.3) is 0 Å². The topological polar surface area (TPSA) is 65.9 Å². The van der Waals surface area contributed by atoms with Gasteiger partial charge in [0.2, 0.25) is 0 Å². The van der Waals surface area contributed by atoms with Crippen molar-refractivity contribution in [2.45, 2.75) is 38.6 Å². The third kappa shape index (κ3) is 2.89. The molecule has 0 saturated heterocycles. The van der Waals surface area contributed by atoms with Crippen molar-refractivity contribution in [2.75, 3.05) is 18.0 Å². The molecule has 2 atom stereocenters. The third-order valence-corrected chi connectivity index (χ3v) is 4.55. The van der Waals surface area contributed by atoms with Gasteiger partial charge in [-0.15, -0.1) is 0 Å². The van der Waals surface area contributed by atoms with E-state index in [2.05, 4.69) is 22.9 Å². The Labute approximate surface area is 125 Å². The van der Waals surface area contributed by atoms with Crippen molar-refractivity contribution in [3.63, 3.8) is 0 Å². The van der Waals surface area contributed by atoms with Crippen molar-refractivity contribution in [1.29, 1.82) is 5.26 Å². The van der Waals surface area contributed by atoms with E-state index >= 15 is 0 Å². The summed E-state index contributed by atoms with van der Waals surface area (Å²) in [5.74, 6) is 1.20. The van der Waals surface area contributed by atoms with Crippen LogP contribution in [-0.2, 0) is 0 Å². The number of aromatic nitrogens is 1. The van der Waals surface area contributed by atoms with Crippen LogP contribution in [0.15, 0.2) is 12.3 Å². The molecule has 0 bridgehead atoms. The van der Waals surface area contributed by atoms with Gasteiger partial charge in [-0.25, -0.2) is 4.98 Å². The minimum Gasteiger partial charge on any atom is -0.352 e. The second-order valence-corrected chi connectivity index (χ2v) is 5.62. The molecule has 1 aliphatic carbocycles. The van der Waals surface area contributed by atoms with E-state index in [1.807, 2.05) is 0 Å². The van der Waals surface area contributed by atoms with E-state index in [-0.39, 0.29) is 0 Å². The Balaban J connectivity index is 2.34. The second kappa shape index (κ2) is 6.92. The summed E-state index contributed by atoms with van der Waals surface area (Å²) in [4.78, 5) is 6.63. The molecule has 2 unspecified atom stereocenters. The smallest absolute Gasteiger partial charge is 0.148 e. The van der Waals surface area contributed by atoms with E-state index in [4.69, 9.17) is 22.6 Å². The van der Waals surface area contributed by atoms with Gasteiger partial charge in [-0.1, -0.05) is 24.4 Å². The molecule has 0 spiro atoms. The van der Waals surface area contributed by atoms with Crippen LogP contribution in [0.5, 0.6) is 0 Å². The van der Waals surface area contributed by atoms with Crippen LogP contribution in [-0.4, -0.2) is 24.1 Å². The highest BCUT2D eigenvalue weighted by Gasteiger charge is 2.30. The molecule has 1 saturated carbocycles. The van der Waals surface area contributed by atoms with E-state index in [9.17, 15) is 0 Å². The van der Waals surface area contributed by atoms with E-state index in [1.54, 1.807) is 12.3 Å². The number of nitrogens with zero attached hydrogens (tertiary/aromatic N) is 3. The van der Waals surface area contributed by atoms with Crippen LogP contribution in [0.2, 0.25) is 5.02 Å². The molecule has 108 valence electrons. The van der Waals surface area contributed by atoms with E-state index < -0.39 is 0 Å². The summed E-state index contributed by atoms with van der Waals surface area (Å²) < 4.78 is 0. The van der Waals surface area contributed by atoms with Crippen LogP contribution in [0.1, 0.15) is 38.2 Å². The Morgan fingerprint density at radius 2 is 2.25 bits per heavy atom. The van der Waals surface area contributed by atoms with Gasteiger partial charge in [0.05, 0.1) is 5.56 Å². The maximum absolute atomic E-state index is 9.11. The van der Waals surface area contributed by atoms with Gasteiger partial charge in [0, 0.05) is 18.8 Å². The number of halogens is 1. The first-order chi connectivity index (χ1) is 9.72. The Bertz CT molecular complexity index is 497. The molecular weight excluding hydrogens is 272 g/mol. The molecule has 0 radical (unpaired) electrons. The molecule has 5 heteroatoms. The standard InChI is InChI=1S/C15H21ClN4/c1-2-20(13-6-4-3-5-11(13)9-17)15-14(16)12(10-18)7-8-19-15/h7-8,11,13H,2-6,9,17H2,1H3. The van der Waals surface area contributed by atoms with Gasteiger partial charge in [-0.05, 0) is 38.3 Å². The fraction of sp³-hybridized carbons (Fsp3) is 0.600. The lowest BCUT2D eigenvalue weighted by atomic mass is 9.83. The Morgan fingerprint density at radius 1 is 1.50 bits per heavy atom. The first kappa shape index (κ1) is 15.1. The molecule has 0 aromatic carbocycles. The Kier molecular flexibility index (Phi) is 5.22. The number of hydrogen-bond donors (Lipinski definition) is 1. The van der Waals surface area contributed by atoms with Crippen LogP contribution in [0.25, 0.3) is 0 Å². The number of nitriles is 1. The predicted octanol–water partition coefficient (Wildman–Crippen LogP) is 2.95. The van der Waals surface area contributed by atoms with E-state index in [0.717, 1.165) is 25.2 Å². The van der Waals surface area contributed by atoms with Gasteiger partial charge in [0.1, 0.15) is 16.9 Å². The zero-order valence-corrected chi connectivity index (χ0v) is 12.6. The van der Waals surface area contributed by atoms with Crippen LogP contribution < -0.4 is 10.6 Å². The highest BCUT2D eigenvalue weighted by atomic mass is 35.5. The van der Waals surface area contributed by atoms with Crippen molar-refractivity contribution < 1.29 is 0 Å². The Morgan fingerprint density at radius 3 is 2.90 bits per heavy atom. The summed E-state index contributed by atoms with van der Waals surface area (Å²) in [6, 6.07) is 4.15. The minimum atomic E-state index is 0.373. The lowest BCUT2D eigenvalue weighted by Gasteiger charge is -2.40. The van der Waals surface area contributed by atoms with Crippen molar-refractivity contribution >= 4 is 17.4 Å². The summed E-state index contributed by atoms with van der Waals surface area (Å²) in [5, 5.41) is 9.56. The molecule has 1 aromatic rings. The van der Waals surface area contributed by atoms with Gasteiger partial charge in [-0.2, -0.15) is 5.26 Å². The Hall–Kier alpha value is -1.31. The number of nitrogens with two attached hydrogens (primary N) is 1. The molecule has 20 heavy (non-hydrogen) atoms. The summed E-state index contributed by atoms with van der Waals surface area (Å²) in [5.41, 5.74) is 6.41. The normalized spacial score (nSPS) is 22.3. The lowest BCUT2D eigenvalue weighted by molar-refractivity contribution is 0.299. The van der Waals surface area contributed by atoms with Crippen LogP contribution >= 0.6 is 11.6 Å². The molecule has 1 heterocycles. The molecule has 4 nitrogen and oxygen atoms in total. The summed E-state index contributed by atoms with van der Waals surface area (Å²) in [6.07, 6.45) is 6.39. The summed E-state index contributed by atoms with van der Waals surface area (Å²) in [6.45, 7) is 3.61. The van der Waals surface area contributed by atoms with Crippen LogP contribution in [0.3, 0.4) is 0 Å². The first-order valence-corrected chi connectivity index (χ1v) is 7.62. The fourth-order valence-corrected chi connectivity index (χ4v) is 3.40. The van der Waals surface area contributed by atoms with Crippen molar-refractivity contribution in [2.24, 2.45) is 11.7 Å². The maximum Gasteiger partial charge on any atom is 0.148 e. The van der Waals surface area contributed by atoms with Crippen molar-refractivity contribution in [1.82, 2.24) is 4.98 Å². The molecule has 0 aliphatic heterocycles. The average Bonchev–Trinajstić information content (AvgIpc) is 2.50. The molecule has 2 N–H and O–H groups in total. The van der Waals surface area contributed by atoms with E-state index in [1.165, 1.54) is 12.8 Å². The van der Waals surface area contributed by atoms with Gasteiger partial charge in [0.15, 0.2) is 0 Å². The molecule has 2 rings (SSSR count). The number of anilines is 1. The predicted molar refractivity (Wildman–Crippen MR) is 81.8 cm³/mol. The van der Waals surface area contributed by atoms with E-state index in [0.29, 0.717) is 29.1 Å². The summed E-state index contributed by atoms with van der Waals surface area (Å²) >= 11 is 6.33. The highest BCUT2D eigenvalue weighted by molar-refractivity contribution is 6.34. The molecule has 0 amide bonds. The lowest BCUT2D eigenvalue weighted by Crippen LogP contribution is -2.45. The minimum absolute atomic E-state index is 0.373. The molecule has 1 aromatic heterocycles. The van der Waals surface area contributed by atoms with Crippen LogP contribution in [0, 0.1) is 17.2 Å². The molecular formula is C15H21ClN4. The van der Waals surface area contributed by atoms with Gasteiger partial charge >= 0.3 is 0 Å².